The molecule has 1 aliphatic rings. The summed E-state index contributed by atoms with van der Waals surface area (Å²) in [6, 6.07) is 7.23. The number of hydrogen-bond donors (Lipinski definition) is 1. The molecule has 0 saturated heterocycles. The number of nitrogens with zero attached hydrogens (tertiary/aromatic N) is 1. The van der Waals surface area contributed by atoms with Gasteiger partial charge >= 0.3 is 0 Å². The second-order valence-electron chi connectivity index (χ2n) is 5.53. The lowest BCUT2D eigenvalue weighted by atomic mass is 10.1. The Balaban J connectivity index is 2.09. The molecule has 106 valence electrons. The van der Waals surface area contributed by atoms with Crippen LogP contribution in [0.3, 0.4) is 0 Å². The zero-order valence-corrected chi connectivity index (χ0v) is 12.4. The van der Waals surface area contributed by atoms with Gasteiger partial charge in [-0.25, -0.2) is 0 Å². The van der Waals surface area contributed by atoms with Crippen molar-refractivity contribution < 1.29 is 4.74 Å². The van der Waals surface area contributed by atoms with Crippen molar-refractivity contribution in [1.29, 1.82) is 0 Å². The maximum Gasteiger partial charge on any atom is 0.123 e. The molecule has 19 heavy (non-hydrogen) atoms. The molecular formula is C16H26N2O. The molecule has 0 aromatic heterocycles. The molecule has 2 rings (SSSR count). The number of methoxy groups -OCH3 is 1. The van der Waals surface area contributed by atoms with Gasteiger partial charge in [0.15, 0.2) is 0 Å². The smallest absolute Gasteiger partial charge is 0.123 e. The van der Waals surface area contributed by atoms with Crippen LogP contribution in [0.15, 0.2) is 18.2 Å². The van der Waals surface area contributed by atoms with Gasteiger partial charge in [-0.05, 0) is 44.6 Å². The number of rotatable bonds is 6. The molecule has 0 amide bonds. The summed E-state index contributed by atoms with van der Waals surface area (Å²) in [5, 5.41) is 3.20. The van der Waals surface area contributed by atoms with Gasteiger partial charge in [0.2, 0.25) is 0 Å². The fraction of sp³-hybridized carbons (Fsp3) is 0.625. The molecule has 0 spiro atoms. The maximum atomic E-state index is 5.49. The first-order valence-electron chi connectivity index (χ1n) is 7.25. The molecule has 0 atom stereocenters. The standard InChI is InChI=1S/C16H26N2O/c1-17-11-13-8-9-16(19-3)14(10-13)12-18(2)15-6-4-5-7-15/h8-10,15,17H,4-7,11-12H2,1-3H3. The van der Waals surface area contributed by atoms with E-state index in [1.54, 1.807) is 7.11 Å². The molecule has 1 aromatic rings. The quantitative estimate of drug-likeness (QED) is 0.853. The molecule has 1 aliphatic carbocycles. The first-order chi connectivity index (χ1) is 9.24. The first-order valence-corrected chi connectivity index (χ1v) is 7.25. The third kappa shape index (κ3) is 3.71. The Bertz CT molecular complexity index is 400. The van der Waals surface area contributed by atoms with Crippen molar-refractivity contribution >= 4 is 0 Å². The van der Waals surface area contributed by atoms with E-state index in [1.165, 1.54) is 36.8 Å². The van der Waals surface area contributed by atoms with E-state index in [2.05, 4.69) is 35.5 Å². The van der Waals surface area contributed by atoms with Gasteiger partial charge in [0, 0.05) is 24.7 Å². The minimum Gasteiger partial charge on any atom is -0.496 e. The predicted octanol–water partition coefficient (Wildman–Crippen LogP) is 2.79. The lowest BCUT2D eigenvalue weighted by Gasteiger charge is -2.25. The van der Waals surface area contributed by atoms with Gasteiger partial charge in [0.05, 0.1) is 7.11 Å². The van der Waals surface area contributed by atoms with Crippen LogP contribution in [0.1, 0.15) is 36.8 Å². The van der Waals surface area contributed by atoms with Gasteiger partial charge in [0.25, 0.3) is 0 Å². The van der Waals surface area contributed by atoms with Crippen molar-refractivity contribution in [3.8, 4) is 5.75 Å². The van der Waals surface area contributed by atoms with E-state index < -0.39 is 0 Å². The molecule has 0 aliphatic heterocycles. The normalized spacial score (nSPS) is 16.2. The van der Waals surface area contributed by atoms with Crippen LogP contribution >= 0.6 is 0 Å². The average Bonchev–Trinajstić information content (AvgIpc) is 2.93. The SMILES string of the molecule is CNCc1ccc(OC)c(CN(C)C2CCCC2)c1. The summed E-state index contributed by atoms with van der Waals surface area (Å²) < 4.78 is 5.49. The lowest BCUT2D eigenvalue weighted by Crippen LogP contribution is -2.28. The second-order valence-corrected chi connectivity index (χ2v) is 5.53. The maximum absolute atomic E-state index is 5.49. The lowest BCUT2D eigenvalue weighted by molar-refractivity contribution is 0.234. The minimum absolute atomic E-state index is 0.748. The summed E-state index contributed by atoms with van der Waals surface area (Å²) in [6.07, 6.45) is 5.45. The van der Waals surface area contributed by atoms with Gasteiger partial charge in [0.1, 0.15) is 5.75 Å². The molecule has 1 saturated carbocycles. The van der Waals surface area contributed by atoms with Crippen molar-refractivity contribution in [3.05, 3.63) is 29.3 Å². The molecule has 3 nitrogen and oxygen atoms in total. The zero-order valence-electron chi connectivity index (χ0n) is 12.4. The highest BCUT2D eigenvalue weighted by Gasteiger charge is 2.20. The molecule has 0 unspecified atom stereocenters. The van der Waals surface area contributed by atoms with E-state index in [9.17, 15) is 0 Å². The van der Waals surface area contributed by atoms with E-state index in [0.29, 0.717) is 0 Å². The highest BCUT2D eigenvalue weighted by Crippen LogP contribution is 2.27. The van der Waals surface area contributed by atoms with Crippen molar-refractivity contribution in [1.82, 2.24) is 10.2 Å². The van der Waals surface area contributed by atoms with Crippen molar-refractivity contribution in [2.45, 2.75) is 44.8 Å². The van der Waals surface area contributed by atoms with E-state index in [1.807, 2.05) is 7.05 Å². The predicted molar refractivity (Wildman–Crippen MR) is 79.5 cm³/mol. The van der Waals surface area contributed by atoms with Gasteiger partial charge in [-0.2, -0.15) is 0 Å². The van der Waals surface area contributed by atoms with Gasteiger partial charge in [-0.1, -0.05) is 18.9 Å². The van der Waals surface area contributed by atoms with Crippen LogP contribution in [0, 0.1) is 0 Å². The number of benzene rings is 1. The average molecular weight is 262 g/mol. The summed E-state index contributed by atoms with van der Waals surface area (Å²) in [5.74, 6) is 1.00. The Kier molecular flexibility index (Phi) is 5.23. The van der Waals surface area contributed by atoms with Crippen molar-refractivity contribution in [3.63, 3.8) is 0 Å². The van der Waals surface area contributed by atoms with Crippen molar-refractivity contribution in [2.75, 3.05) is 21.2 Å². The van der Waals surface area contributed by atoms with Gasteiger partial charge in [-0.15, -0.1) is 0 Å². The van der Waals surface area contributed by atoms with Crippen LogP contribution in [-0.4, -0.2) is 32.1 Å². The van der Waals surface area contributed by atoms with E-state index in [4.69, 9.17) is 4.74 Å². The molecule has 1 N–H and O–H groups in total. The van der Waals surface area contributed by atoms with Crippen LogP contribution in [0.2, 0.25) is 0 Å². The number of nitrogens with one attached hydrogen (secondary N) is 1. The summed E-state index contributed by atoms with van der Waals surface area (Å²) >= 11 is 0. The summed E-state index contributed by atoms with van der Waals surface area (Å²) in [5.41, 5.74) is 2.61. The van der Waals surface area contributed by atoms with E-state index >= 15 is 0 Å². The van der Waals surface area contributed by atoms with Crippen molar-refractivity contribution in [2.24, 2.45) is 0 Å². The Morgan fingerprint density at radius 3 is 2.68 bits per heavy atom. The monoisotopic (exact) mass is 262 g/mol. The molecule has 1 aromatic carbocycles. The third-order valence-electron chi connectivity index (χ3n) is 4.09. The third-order valence-corrected chi connectivity index (χ3v) is 4.09. The Hall–Kier alpha value is -1.06. The Labute approximate surface area is 116 Å². The highest BCUT2D eigenvalue weighted by molar-refractivity contribution is 5.37. The Morgan fingerprint density at radius 1 is 1.32 bits per heavy atom. The highest BCUT2D eigenvalue weighted by atomic mass is 16.5. The molecule has 1 fully saturated rings. The molecule has 0 radical (unpaired) electrons. The van der Waals surface area contributed by atoms with Crippen LogP contribution in [0.5, 0.6) is 5.75 Å². The molecular weight excluding hydrogens is 236 g/mol. The van der Waals surface area contributed by atoms with E-state index in [0.717, 1.165) is 24.9 Å². The van der Waals surface area contributed by atoms with Crippen LogP contribution in [0.4, 0.5) is 0 Å². The Morgan fingerprint density at radius 2 is 2.05 bits per heavy atom. The largest absolute Gasteiger partial charge is 0.496 e. The molecule has 0 heterocycles. The number of ether oxygens (including phenoxy) is 1. The first kappa shape index (κ1) is 14.4. The minimum atomic E-state index is 0.748. The zero-order chi connectivity index (χ0) is 13.7. The topological polar surface area (TPSA) is 24.5 Å². The second kappa shape index (κ2) is 6.92. The molecule has 3 heteroatoms. The summed E-state index contributed by atoms with van der Waals surface area (Å²) in [6.45, 7) is 1.88. The van der Waals surface area contributed by atoms with Gasteiger partial charge < -0.3 is 10.1 Å². The van der Waals surface area contributed by atoms with Crippen LogP contribution < -0.4 is 10.1 Å². The summed E-state index contributed by atoms with van der Waals surface area (Å²) in [4.78, 5) is 2.48. The fourth-order valence-corrected chi connectivity index (χ4v) is 3.01. The molecule has 0 bridgehead atoms. The number of hydrogen-bond acceptors (Lipinski definition) is 3. The van der Waals surface area contributed by atoms with Crippen LogP contribution in [0.25, 0.3) is 0 Å². The summed E-state index contributed by atoms with van der Waals surface area (Å²) in [7, 11) is 5.97. The van der Waals surface area contributed by atoms with E-state index in [-0.39, 0.29) is 0 Å². The van der Waals surface area contributed by atoms with Crippen LogP contribution in [-0.2, 0) is 13.1 Å². The fourth-order valence-electron chi connectivity index (χ4n) is 3.01. The van der Waals surface area contributed by atoms with Gasteiger partial charge in [-0.3, -0.25) is 4.90 Å².